The minimum Gasteiger partial charge on any atom is -0.353 e. The predicted molar refractivity (Wildman–Crippen MR) is 70.5 cm³/mol. The molecule has 0 aliphatic carbocycles. The van der Waals surface area contributed by atoms with Crippen molar-refractivity contribution in [3.63, 3.8) is 0 Å². The number of nitrogens with zero attached hydrogens (tertiary/aromatic N) is 1. The summed E-state index contributed by atoms with van der Waals surface area (Å²) in [4.78, 5) is 11.7. The monoisotopic (exact) mass is 332 g/mol. The van der Waals surface area contributed by atoms with E-state index >= 15 is 0 Å². The lowest BCUT2D eigenvalue weighted by Gasteiger charge is -2.31. The van der Waals surface area contributed by atoms with E-state index in [1.165, 1.54) is 16.4 Å². The zero-order valence-corrected chi connectivity index (χ0v) is 12.2. The van der Waals surface area contributed by atoms with Crippen LogP contribution in [0.25, 0.3) is 0 Å². The maximum atomic E-state index is 12.4. The van der Waals surface area contributed by atoms with Gasteiger partial charge in [-0.3, -0.25) is 4.79 Å². The highest BCUT2D eigenvalue weighted by Crippen LogP contribution is 2.22. The molecule has 18 heavy (non-hydrogen) atoms. The minimum atomic E-state index is -3.62. The van der Waals surface area contributed by atoms with Gasteiger partial charge in [0, 0.05) is 17.6 Å². The third-order valence-corrected chi connectivity index (χ3v) is 5.30. The molecule has 1 aromatic rings. The van der Waals surface area contributed by atoms with Crippen LogP contribution in [0.5, 0.6) is 0 Å². The van der Waals surface area contributed by atoms with Crippen LogP contribution < -0.4 is 5.32 Å². The zero-order chi connectivity index (χ0) is 13.3. The van der Waals surface area contributed by atoms with Gasteiger partial charge in [0.25, 0.3) is 0 Å². The molecule has 0 spiro atoms. The number of benzene rings is 1. The van der Waals surface area contributed by atoms with E-state index in [2.05, 4.69) is 21.2 Å². The van der Waals surface area contributed by atoms with E-state index in [0.717, 1.165) is 0 Å². The third kappa shape index (κ3) is 2.43. The van der Waals surface area contributed by atoms with Gasteiger partial charge in [0.15, 0.2) is 0 Å². The maximum absolute atomic E-state index is 12.4. The van der Waals surface area contributed by atoms with E-state index in [0.29, 0.717) is 17.6 Å². The van der Waals surface area contributed by atoms with Gasteiger partial charge in [0.1, 0.15) is 6.04 Å². The van der Waals surface area contributed by atoms with Gasteiger partial charge >= 0.3 is 0 Å². The smallest absolute Gasteiger partial charge is 0.243 e. The summed E-state index contributed by atoms with van der Waals surface area (Å²) in [5.74, 6) is -0.264. The molecule has 5 nitrogen and oxygen atoms in total. The number of amides is 1. The van der Waals surface area contributed by atoms with Crippen LogP contribution in [0.4, 0.5) is 0 Å². The zero-order valence-electron chi connectivity index (χ0n) is 9.76. The van der Waals surface area contributed by atoms with Crippen molar-refractivity contribution in [2.45, 2.75) is 17.9 Å². The Morgan fingerprint density at radius 2 is 2.17 bits per heavy atom. The molecule has 0 saturated carbocycles. The number of rotatable bonds is 2. The number of nitrogens with one attached hydrogen (secondary N) is 1. The molecular formula is C11H13BrN2O3S. The average Bonchev–Trinajstić information content (AvgIpc) is 2.32. The maximum Gasteiger partial charge on any atom is 0.243 e. The van der Waals surface area contributed by atoms with Gasteiger partial charge in [-0.25, -0.2) is 8.42 Å². The Kier molecular flexibility index (Phi) is 3.74. The topological polar surface area (TPSA) is 66.5 Å². The lowest BCUT2D eigenvalue weighted by molar-refractivity contribution is -0.126. The molecule has 0 radical (unpaired) electrons. The van der Waals surface area contributed by atoms with Gasteiger partial charge in [-0.15, -0.1) is 0 Å². The molecule has 1 heterocycles. The third-order valence-electron chi connectivity index (χ3n) is 2.85. The van der Waals surface area contributed by atoms with Crippen molar-refractivity contribution >= 4 is 31.9 Å². The molecule has 1 amide bonds. The molecule has 1 unspecified atom stereocenters. The molecule has 1 aliphatic heterocycles. The Bertz CT molecular complexity index is 573. The number of carbonyl (C=O) groups excluding carboxylic acids is 1. The Morgan fingerprint density at radius 1 is 1.44 bits per heavy atom. The molecule has 98 valence electrons. The largest absolute Gasteiger partial charge is 0.353 e. The van der Waals surface area contributed by atoms with E-state index in [-0.39, 0.29) is 10.8 Å². The van der Waals surface area contributed by atoms with Gasteiger partial charge < -0.3 is 5.32 Å². The summed E-state index contributed by atoms with van der Waals surface area (Å²) in [7, 11) is -3.62. The molecule has 1 aliphatic rings. The van der Waals surface area contributed by atoms with Crippen LogP contribution in [-0.4, -0.2) is 37.8 Å². The summed E-state index contributed by atoms with van der Waals surface area (Å²) in [6.07, 6.45) is 0. The molecule has 0 aromatic heterocycles. The molecule has 1 saturated heterocycles. The average molecular weight is 333 g/mol. The SMILES string of the molecule is CC1C(=O)NCCN1S(=O)(=O)c1cccc(Br)c1. The molecule has 1 aromatic carbocycles. The van der Waals surface area contributed by atoms with E-state index in [1.54, 1.807) is 19.1 Å². The van der Waals surface area contributed by atoms with Crippen LogP contribution in [0.15, 0.2) is 33.6 Å². The quantitative estimate of drug-likeness (QED) is 0.877. The number of carbonyl (C=O) groups is 1. The van der Waals surface area contributed by atoms with Crippen LogP contribution in [0.2, 0.25) is 0 Å². The van der Waals surface area contributed by atoms with Crippen LogP contribution in [-0.2, 0) is 14.8 Å². The fourth-order valence-electron chi connectivity index (χ4n) is 1.85. The van der Waals surface area contributed by atoms with E-state index < -0.39 is 16.1 Å². The van der Waals surface area contributed by atoms with Crippen molar-refractivity contribution in [2.75, 3.05) is 13.1 Å². The predicted octanol–water partition coefficient (Wildman–Crippen LogP) is 0.958. The summed E-state index contributed by atoms with van der Waals surface area (Å²) in [6.45, 7) is 2.22. The summed E-state index contributed by atoms with van der Waals surface area (Å²) < 4.78 is 26.8. The van der Waals surface area contributed by atoms with Crippen LogP contribution in [0, 0.1) is 0 Å². The van der Waals surface area contributed by atoms with Crippen molar-refractivity contribution in [1.82, 2.24) is 9.62 Å². The second-order valence-electron chi connectivity index (χ2n) is 4.04. The van der Waals surface area contributed by atoms with Gasteiger partial charge in [-0.05, 0) is 25.1 Å². The lowest BCUT2D eigenvalue weighted by atomic mass is 10.2. The summed E-state index contributed by atoms with van der Waals surface area (Å²) in [5, 5.41) is 2.64. The fraction of sp³-hybridized carbons (Fsp3) is 0.364. The van der Waals surface area contributed by atoms with E-state index in [4.69, 9.17) is 0 Å². The first-order valence-corrected chi connectivity index (χ1v) is 7.71. The highest BCUT2D eigenvalue weighted by molar-refractivity contribution is 9.10. The fourth-order valence-corrected chi connectivity index (χ4v) is 4.04. The standard InChI is InChI=1S/C11H13BrN2O3S/c1-8-11(15)13-5-6-14(8)18(16,17)10-4-2-3-9(12)7-10/h2-4,7-8H,5-6H2,1H3,(H,13,15). The van der Waals surface area contributed by atoms with Crippen LogP contribution in [0.3, 0.4) is 0 Å². The molecule has 1 atom stereocenters. The van der Waals surface area contributed by atoms with Crippen LogP contribution in [0.1, 0.15) is 6.92 Å². The lowest BCUT2D eigenvalue weighted by Crippen LogP contribution is -2.55. The van der Waals surface area contributed by atoms with Crippen molar-refractivity contribution in [3.8, 4) is 0 Å². The summed E-state index contributed by atoms with van der Waals surface area (Å²) >= 11 is 3.24. The number of piperazine rings is 1. The minimum absolute atomic E-state index is 0.193. The second kappa shape index (κ2) is 4.99. The van der Waals surface area contributed by atoms with Crippen molar-refractivity contribution in [3.05, 3.63) is 28.7 Å². The number of hydrogen-bond donors (Lipinski definition) is 1. The summed E-state index contributed by atoms with van der Waals surface area (Å²) in [6, 6.07) is 5.80. The Balaban J connectivity index is 2.39. The molecular weight excluding hydrogens is 320 g/mol. The summed E-state index contributed by atoms with van der Waals surface area (Å²) in [5.41, 5.74) is 0. The highest BCUT2D eigenvalue weighted by atomic mass is 79.9. The first-order chi connectivity index (χ1) is 8.43. The van der Waals surface area contributed by atoms with Gasteiger partial charge in [-0.2, -0.15) is 4.31 Å². The first kappa shape index (κ1) is 13.5. The molecule has 2 rings (SSSR count). The van der Waals surface area contributed by atoms with Crippen LogP contribution >= 0.6 is 15.9 Å². The second-order valence-corrected chi connectivity index (χ2v) is 6.85. The number of hydrogen-bond acceptors (Lipinski definition) is 3. The molecule has 1 fully saturated rings. The van der Waals surface area contributed by atoms with Crippen molar-refractivity contribution < 1.29 is 13.2 Å². The Hall–Kier alpha value is -0.920. The van der Waals surface area contributed by atoms with E-state index in [9.17, 15) is 13.2 Å². The highest BCUT2D eigenvalue weighted by Gasteiger charge is 2.35. The van der Waals surface area contributed by atoms with Crippen molar-refractivity contribution in [1.29, 1.82) is 0 Å². The van der Waals surface area contributed by atoms with Gasteiger partial charge in [0.05, 0.1) is 4.90 Å². The molecule has 7 heteroatoms. The van der Waals surface area contributed by atoms with Gasteiger partial charge in [-0.1, -0.05) is 22.0 Å². The molecule has 0 bridgehead atoms. The Morgan fingerprint density at radius 3 is 2.83 bits per heavy atom. The first-order valence-electron chi connectivity index (χ1n) is 5.48. The van der Waals surface area contributed by atoms with Gasteiger partial charge in [0.2, 0.25) is 15.9 Å². The molecule has 1 N–H and O–H groups in total. The van der Waals surface area contributed by atoms with Crippen molar-refractivity contribution in [2.24, 2.45) is 0 Å². The Labute approximate surface area is 114 Å². The van der Waals surface area contributed by atoms with E-state index in [1.807, 2.05) is 0 Å². The number of halogens is 1. The number of sulfonamides is 1. The normalized spacial score (nSPS) is 21.7.